The fraction of sp³-hybridized carbons (Fsp3) is 0.296. The molecule has 0 bridgehead atoms. The predicted octanol–water partition coefficient (Wildman–Crippen LogP) is 4.18. The minimum Gasteiger partial charge on any atom is -0.489 e. The summed E-state index contributed by atoms with van der Waals surface area (Å²) in [5.74, 6) is -0.0592. The number of hydrogen-bond acceptors (Lipinski definition) is 8. The number of thioether (sulfide) groups is 1. The molecule has 1 saturated heterocycles. The summed E-state index contributed by atoms with van der Waals surface area (Å²) < 4.78 is 45.8. The van der Waals surface area contributed by atoms with Crippen LogP contribution in [0.25, 0.3) is 10.9 Å². The van der Waals surface area contributed by atoms with E-state index in [-0.39, 0.29) is 47.4 Å². The zero-order chi connectivity index (χ0) is 27.7. The number of amides is 1. The molecular formula is C27H24F3N5O3S. The number of likely N-dealkylation sites (tertiary alicyclic amines) is 1. The molecule has 0 unspecified atom stereocenters. The van der Waals surface area contributed by atoms with E-state index in [9.17, 15) is 22.8 Å². The highest BCUT2D eigenvalue weighted by atomic mass is 32.2. The van der Waals surface area contributed by atoms with Gasteiger partial charge in [0.25, 0.3) is 5.91 Å². The second kappa shape index (κ2) is 10.8. The van der Waals surface area contributed by atoms with E-state index in [1.165, 1.54) is 6.07 Å². The minimum atomic E-state index is -4.58. The van der Waals surface area contributed by atoms with Crippen molar-refractivity contribution in [1.29, 1.82) is 5.41 Å². The summed E-state index contributed by atoms with van der Waals surface area (Å²) in [6, 6.07) is 13.7. The molecule has 2 N–H and O–H groups in total. The Morgan fingerprint density at radius 2 is 1.92 bits per heavy atom. The molecule has 2 aliphatic heterocycles. The largest absolute Gasteiger partial charge is 0.489 e. The number of nitrogens with one attached hydrogen (secondary N) is 2. The molecule has 8 nitrogen and oxygen atoms in total. The van der Waals surface area contributed by atoms with E-state index in [4.69, 9.17) is 10.1 Å². The Balaban J connectivity index is 1.26. The van der Waals surface area contributed by atoms with Gasteiger partial charge in [0.05, 0.1) is 23.1 Å². The first-order chi connectivity index (χ1) is 18.6. The van der Waals surface area contributed by atoms with Crippen molar-refractivity contribution in [3.8, 4) is 5.75 Å². The van der Waals surface area contributed by atoms with Gasteiger partial charge in [-0.05, 0) is 55.2 Å². The number of benzene rings is 2. The maximum absolute atomic E-state index is 13.3. The summed E-state index contributed by atoms with van der Waals surface area (Å²) in [7, 11) is 1.92. The maximum atomic E-state index is 13.3. The van der Waals surface area contributed by atoms with E-state index in [1.54, 1.807) is 42.5 Å². The normalized spacial score (nSPS) is 20.3. The number of nitrogens with zero attached hydrogens (tertiary/aromatic N) is 3. The smallest absolute Gasteiger partial charge is 0.433 e. The lowest BCUT2D eigenvalue weighted by molar-refractivity contribution is -0.141. The van der Waals surface area contributed by atoms with E-state index in [0.717, 1.165) is 17.8 Å². The fourth-order valence-electron chi connectivity index (χ4n) is 4.63. The molecule has 0 aliphatic carbocycles. The molecule has 2 aromatic carbocycles. The van der Waals surface area contributed by atoms with E-state index in [1.807, 2.05) is 11.9 Å². The highest BCUT2D eigenvalue weighted by Gasteiger charge is 2.38. The average Bonchev–Trinajstić information content (AvgIpc) is 3.28. The molecule has 5 rings (SSSR count). The van der Waals surface area contributed by atoms with Crippen molar-refractivity contribution >= 4 is 44.4 Å². The first-order valence-electron chi connectivity index (χ1n) is 12.1. The number of alkyl halides is 3. The highest BCUT2D eigenvalue weighted by Crippen LogP contribution is 2.31. The Morgan fingerprint density at radius 3 is 2.64 bits per heavy atom. The van der Waals surface area contributed by atoms with Crippen LogP contribution >= 0.6 is 11.8 Å². The fourth-order valence-corrected chi connectivity index (χ4v) is 5.52. The van der Waals surface area contributed by atoms with Crippen LogP contribution in [-0.4, -0.2) is 64.4 Å². The van der Waals surface area contributed by atoms with E-state index in [0.29, 0.717) is 40.4 Å². The van der Waals surface area contributed by atoms with Crippen molar-refractivity contribution in [3.63, 3.8) is 0 Å². The van der Waals surface area contributed by atoms with Gasteiger partial charge in [-0.25, -0.2) is 4.98 Å². The second-order valence-electron chi connectivity index (χ2n) is 9.42. The highest BCUT2D eigenvalue weighted by molar-refractivity contribution is 8.28. The maximum Gasteiger partial charge on any atom is 0.433 e. The summed E-state index contributed by atoms with van der Waals surface area (Å²) in [6.45, 7) is 1.16. The van der Waals surface area contributed by atoms with Crippen molar-refractivity contribution in [3.05, 3.63) is 71.4 Å². The molecule has 12 heteroatoms. The van der Waals surface area contributed by atoms with E-state index < -0.39 is 11.9 Å². The number of fused-ring (bicyclic) bond motifs is 1. The molecule has 1 amide bonds. The van der Waals surface area contributed by atoms with Gasteiger partial charge in [0.2, 0.25) is 5.12 Å². The van der Waals surface area contributed by atoms with Crippen LogP contribution < -0.4 is 10.1 Å². The number of carbonyl (C=O) groups excluding carboxylic acids is 2. The van der Waals surface area contributed by atoms with Gasteiger partial charge in [-0.3, -0.25) is 20.0 Å². The van der Waals surface area contributed by atoms with Gasteiger partial charge < -0.3 is 15.0 Å². The number of likely N-dealkylation sites (N-methyl/N-ethyl adjacent to an activating group) is 1. The summed E-state index contributed by atoms with van der Waals surface area (Å²) >= 11 is 0.954. The molecule has 202 valence electrons. The zero-order valence-electron chi connectivity index (χ0n) is 20.8. The molecule has 2 atom stereocenters. The standard InChI is InChI=1S/C27H24F3N5O3S/c1-35-12-19(25-32-11-20(31)26(37)39-25)22(13-35)34-24(36)15-6-8-17(9-7-15)38-14-16-10-23(27(28,29)30)33-21-5-3-2-4-18(16)21/h2-10,19,22,31H,11-14H2,1H3,(H,34,36)/t19-,22+/m0/s1. The lowest BCUT2D eigenvalue weighted by Crippen LogP contribution is -2.43. The number of aromatic nitrogens is 1. The van der Waals surface area contributed by atoms with Crippen molar-refractivity contribution in [2.75, 3.05) is 26.7 Å². The molecular weight excluding hydrogens is 531 g/mol. The first kappa shape index (κ1) is 26.8. The number of halogens is 3. The van der Waals surface area contributed by atoms with Gasteiger partial charge >= 0.3 is 6.18 Å². The Morgan fingerprint density at radius 1 is 1.18 bits per heavy atom. The summed E-state index contributed by atoms with van der Waals surface area (Å²) in [5, 5.41) is 11.5. The molecule has 1 fully saturated rings. The third kappa shape index (κ3) is 5.96. The Hall–Kier alpha value is -3.77. The molecule has 39 heavy (non-hydrogen) atoms. The number of para-hydroxylation sites is 1. The predicted molar refractivity (Wildman–Crippen MR) is 142 cm³/mol. The van der Waals surface area contributed by atoms with Crippen LogP contribution in [0.1, 0.15) is 21.6 Å². The van der Waals surface area contributed by atoms with Crippen LogP contribution in [0.5, 0.6) is 5.75 Å². The lowest BCUT2D eigenvalue weighted by Gasteiger charge is -2.23. The molecule has 0 radical (unpaired) electrons. The van der Waals surface area contributed by atoms with Crippen molar-refractivity contribution in [2.45, 2.75) is 18.8 Å². The summed E-state index contributed by atoms with van der Waals surface area (Å²) in [5.41, 5.74) is -0.0449. The van der Waals surface area contributed by atoms with E-state index in [2.05, 4.69) is 15.3 Å². The van der Waals surface area contributed by atoms with Crippen molar-refractivity contribution in [1.82, 2.24) is 15.2 Å². The zero-order valence-corrected chi connectivity index (χ0v) is 21.6. The van der Waals surface area contributed by atoms with Crippen molar-refractivity contribution < 1.29 is 27.5 Å². The van der Waals surface area contributed by atoms with Gasteiger partial charge in [-0.15, -0.1) is 0 Å². The molecule has 0 saturated carbocycles. The third-order valence-electron chi connectivity index (χ3n) is 6.58. The van der Waals surface area contributed by atoms with Crippen molar-refractivity contribution in [2.24, 2.45) is 10.9 Å². The summed E-state index contributed by atoms with van der Waals surface area (Å²) in [4.78, 5) is 35.1. The van der Waals surface area contributed by atoms with Crippen LogP contribution in [0, 0.1) is 11.3 Å². The topological polar surface area (TPSA) is 108 Å². The number of ether oxygens (including phenoxy) is 1. The lowest BCUT2D eigenvalue weighted by atomic mass is 10.0. The number of aliphatic imine (C=N–C) groups is 1. The summed E-state index contributed by atoms with van der Waals surface area (Å²) in [6.07, 6.45) is -4.58. The van der Waals surface area contributed by atoms with Gasteiger partial charge in [0.1, 0.15) is 23.8 Å². The Kier molecular flexibility index (Phi) is 7.41. The molecule has 2 aliphatic rings. The van der Waals surface area contributed by atoms with Gasteiger partial charge in [0, 0.05) is 35.5 Å². The minimum absolute atomic E-state index is 0.0316. The van der Waals surface area contributed by atoms with Crippen LogP contribution in [-0.2, 0) is 17.6 Å². The van der Waals surface area contributed by atoms with Crippen LogP contribution in [0.2, 0.25) is 0 Å². The van der Waals surface area contributed by atoms with Gasteiger partial charge in [0.15, 0.2) is 0 Å². The monoisotopic (exact) mass is 555 g/mol. The average molecular weight is 556 g/mol. The molecule has 1 aromatic heterocycles. The number of hydrogen-bond donors (Lipinski definition) is 2. The third-order valence-corrected chi connectivity index (χ3v) is 7.65. The van der Waals surface area contributed by atoms with Crippen LogP contribution in [0.3, 0.4) is 0 Å². The number of rotatable bonds is 6. The van der Waals surface area contributed by atoms with Crippen LogP contribution in [0.15, 0.2) is 59.6 Å². The quantitative estimate of drug-likeness (QED) is 0.473. The molecule has 0 spiro atoms. The Labute approximate surface area is 226 Å². The number of carbonyl (C=O) groups is 2. The van der Waals surface area contributed by atoms with Crippen LogP contribution in [0.4, 0.5) is 13.2 Å². The molecule has 3 heterocycles. The van der Waals surface area contributed by atoms with Gasteiger partial charge in [-0.1, -0.05) is 18.2 Å². The Bertz CT molecular complexity index is 1480. The van der Waals surface area contributed by atoms with Gasteiger partial charge in [-0.2, -0.15) is 13.2 Å². The number of pyridine rings is 1. The molecule has 3 aromatic rings. The SMILES string of the molecule is CN1C[C@H](C2=NCC(=N)C(=O)S2)[C@H](NC(=O)c2ccc(OCc3cc(C(F)(F)F)nc4ccccc34)cc2)C1. The second-order valence-corrected chi connectivity index (χ2v) is 10.4. The van der Waals surface area contributed by atoms with E-state index >= 15 is 0 Å². The first-order valence-corrected chi connectivity index (χ1v) is 12.9.